The van der Waals surface area contributed by atoms with Crippen LogP contribution in [0.4, 0.5) is 5.69 Å². The normalized spacial score (nSPS) is 10.2. The summed E-state index contributed by atoms with van der Waals surface area (Å²) in [5.41, 5.74) is 0.535. The second-order valence-corrected chi connectivity index (χ2v) is 4.90. The van der Waals surface area contributed by atoms with Crippen LogP contribution in [0.2, 0.25) is 0 Å². The van der Waals surface area contributed by atoms with Crippen molar-refractivity contribution in [2.75, 3.05) is 0 Å². The molecule has 1 N–H and O–H groups in total. The first kappa shape index (κ1) is 13.9. The SMILES string of the molecule is Cc1cnc(Sc2cc(C(=O)O)ccn2)cc1[N+](=O)[O-]. The lowest BCUT2D eigenvalue weighted by molar-refractivity contribution is -0.385. The number of rotatable bonds is 4. The monoisotopic (exact) mass is 291 g/mol. The van der Waals surface area contributed by atoms with Gasteiger partial charge in [-0.2, -0.15) is 0 Å². The molecule has 0 atom stereocenters. The van der Waals surface area contributed by atoms with E-state index in [1.807, 2.05) is 0 Å². The summed E-state index contributed by atoms with van der Waals surface area (Å²) in [6.45, 7) is 1.60. The van der Waals surface area contributed by atoms with Crippen molar-refractivity contribution in [3.05, 3.63) is 51.8 Å². The zero-order valence-electron chi connectivity index (χ0n) is 10.3. The molecule has 0 spiro atoms. The molecule has 8 heteroatoms. The maximum atomic E-state index is 10.9. The molecule has 0 radical (unpaired) electrons. The Morgan fingerprint density at radius 3 is 2.70 bits per heavy atom. The number of pyridine rings is 2. The predicted molar refractivity (Wildman–Crippen MR) is 70.9 cm³/mol. The number of aryl methyl sites for hydroxylation is 1. The van der Waals surface area contributed by atoms with Crippen LogP contribution >= 0.6 is 11.8 Å². The van der Waals surface area contributed by atoms with E-state index in [0.29, 0.717) is 15.6 Å². The zero-order valence-corrected chi connectivity index (χ0v) is 11.1. The molecule has 0 fully saturated rings. The number of hydrogen-bond donors (Lipinski definition) is 1. The average molecular weight is 291 g/mol. The van der Waals surface area contributed by atoms with E-state index in [2.05, 4.69) is 9.97 Å². The van der Waals surface area contributed by atoms with Gasteiger partial charge in [0.1, 0.15) is 10.1 Å². The second-order valence-electron chi connectivity index (χ2n) is 3.86. The molecule has 0 amide bonds. The molecule has 7 nitrogen and oxygen atoms in total. The van der Waals surface area contributed by atoms with Crippen LogP contribution in [0.5, 0.6) is 0 Å². The van der Waals surface area contributed by atoms with Crippen LogP contribution in [0, 0.1) is 17.0 Å². The fourth-order valence-electron chi connectivity index (χ4n) is 1.45. The number of hydrogen-bond acceptors (Lipinski definition) is 6. The van der Waals surface area contributed by atoms with Crippen molar-refractivity contribution in [3.8, 4) is 0 Å². The van der Waals surface area contributed by atoms with Gasteiger partial charge in [-0.05, 0) is 30.8 Å². The molecule has 0 saturated carbocycles. The van der Waals surface area contributed by atoms with Crippen LogP contribution in [0.25, 0.3) is 0 Å². The van der Waals surface area contributed by atoms with E-state index in [4.69, 9.17) is 5.11 Å². The third-order valence-electron chi connectivity index (χ3n) is 2.44. The van der Waals surface area contributed by atoms with E-state index < -0.39 is 10.9 Å². The van der Waals surface area contributed by atoms with Crippen molar-refractivity contribution >= 4 is 23.4 Å². The Hall–Kier alpha value is -2.48. The summed E-state index contributed by atoms with van der Waals surface area (Å²) in [4.78, 5) is 29.3. The van der Waals surface area contributed by atoms with Crippen molar-refractivity contribution < 1.29 is 14.8 Å². The molecule has 2 aromatic rings. The molecular weight excluding hydrogens is 282 g/mol. The van der Waals surface area contributed by atoms with Gasteiger partial charge in [-0.3, -0.25) is 10.1 Å². The third-order valence-corrected chi connectivity index (χ3v) is 3.30. The number of carboxylic acid groups (broad SMARTS) is 1. The van der Waals surface area contributed by atoms with Crippen molar-refractivity contribution in [3.63, 3.8) is 0 Å². The minimum atomic E-state index is -1.06. The van der Waals surface area contributed by atoms with Crippen LogP contribution in [-0.2, 0) is 0 Å². The van der Waals surface area contributed by atoms with Crippen molar-refractivity contribution in [2.45, 2.75) is 17.0 Å². The fourth-order valence-corrected chi connectivity index (χ4v) is 2.24. The first-order valence-corrected chi connectivity index (χ1v) is 6.27. The molecule has 0 aliphatic rings. The van der Waals surface area contributed by atoms with E-state index in [1.165, 1.54) is 30.6 Å². The van der Waals surface area contributed by atoms with Crippen molar-refractivity contribution in [1.82, 2.24) is 9.97 Å². The molecule has 0 saturated heterocycles. The Morgan fingerprint density at radius 2 is 2.05 bits per heavy atom. The van der Waals surface area contributed by atoms with E-state index in [-0.39, 0.29) is 11.3 Å². The highest BCUT2D eigenvalue weighted by atomic mass is 32.2. The lowest BCUT2D eigenvalue weighted by Crippen LogP contribution is -1.97. The number of aromatic carboxylic acids is 1. The molecule has 0 aromatic carbocycles. The van der Waals surface area contributed by atoms with Crippen molar-refractivity contribution in [1.29, 1.82) is 0 Å². The molecule has 20 heavy (non-hydrogen) atoms. The van der Waals surface area contributed by atoms with Gasteiger partial charge in [-0.1, -0.05) is 0 Å². The minimum Gasteiger partial charge on any atom is -0.478 e. The van der Waals surface area contributed by atoms with Crippen LogP contribution in [0.1, 0.15) is 15.9 Å². The summed E-state index contributed by atoms with van der Waals surface area (Å²) in [7, 11) is 0. The maximum Gasteiger partial charge on any atom is 0.335 e. The predicted octanol–water partition coefficient (Wildman–Crippen LogP) is 2.54. The Labute approximate surface area is 117 Å². The molecule has 0 unspecified atom stereocenters. The lowest BCUT2D eigenvalue weighted by atomic mass is 10.3. The Morgan fingerprint density at radius 1 is 1.35 bits per heavy atom. The van der Waals surface area contributed by atoms with Gasteiger partial charge >= 0.3 is 5.97 Å². The highest BCUT2D eigenvalue weighted by molar-refractivity contribution is 7.99. The average Bonchev–Trinajstić information content (AvgIpc) is 2.41. The van der Waals surface area contributed by atoms with E-state index >= 15 is 0 Å². The van der Waals surface area contributed by atoms with E-state index in [0.717, 1.165) is 11.8 Å². The first-order valence-electron chi connectivity index (χ1n) is 5.45. The van der Waals surface area contributed by atoms with Gasteiger partial charge in [-0.15, -0.1) is 0 Å². The first-order chi connectivity index (χ1) is 9.47. The Kier molecular flexibility index (Phi) is 3.94. The van der Waals surface area contributed by atoms with Gasteiger partial charge < -0.3 is 5.11 Å². The Bertz CT molecular complexity index is 690. The van der Waals surface area contributed by atoms with Gasteiger partial charge in [-0.25, -0.2) is 14.8 Å². The summed E-state index contributed by atoms with van der Waals surface area (Å²) >= 11 is 1.07. The zero-order chi connectivity index (χ0) is 14.7. The fraction of sp³-hybridized carbons (Fsp3) is 0.0833. The molecule has 2 aromatic heterocycles. The summed E-state index contributed by atoms with van der Waals surface area (Å²) in [6.07, 6.45) is 2.77. The number of nitro groups is 1. The largest absolute Gasteiger partial charge is 0.478 e. The van der Waals surface area contributed by atoms with Gasteiger partial charge in [0, 0.05) is 24.0 Å². The van der Waals surface area contributed by atoms with Gasteiger partial charge in [0.15, 0.2) is 0 Å². The topological polar surface area (TPSA) is 106 Å². The smallest absolute Gasteiger partial charge is 0.335 e. The summed E-state index contributed by atoms with van der Waals surface area (Å²) in [5, 5.41) is 20.5. The highest BCUT2D eigenvalue weighted by Crippen LogP contribution is 2.28. The standard InChI is InChI=1S/C12H9N3O4S/c1-7-6-14-11(5-9(7)15(18)19)20-10-4-8(12(16)17)2-3-13-10/h2-6H,1H3,(H,16,17). The van der Waals surface area contributed by atoms with Crippen molar-refractivity contribution in [2.24, 2.45) is 0 Å². The van der Waals surface area contributed by atoms with Crippen LogP contribution in [0.3, 0.4) is 0 Å². The minimum absolute atomic E-state index is 0.0307. The maximum absolute atomic E-state index is 10.9. The van der Waals surface area contributed by atoms with Gasteiger partial charge in [0.05, 0.1) is 10.5 Å². The quantitative estimate of drug-likeness (QED) is 0.681. The molecule has 102 valence electrons. The number of aromatic nitrogens is 2. The Balaban J connectivity index is 2.30. The highest BCUT2D eigenvalue weighted by Gasteiger charge is 2.13. The molecule has 2 heterocycles. The molecular formula is C12H9N3O4S. The molecule has 0 aliphatic carbocycles. The number of carboxylic acids is 1. The summed E-state index contributed by atoms with van der Waals surface area (Å²) < 4.78 is 0. The van der Waals surface area contributed by atoms with E-state index in [9.17, 15) is 14.9 Å². The molecule has 0 aliphatic heterocycles. The van der Waals surface area contributed by atoms with Crippen LogP contribution in [0.15, 0.2) is 40.6 Å². The number of carbonyl (C=O) groups is 1. The van der Waals surface area contributed by atoms with Gasteiger partial charge in [0.25, 0.3) is 5.69 Å². The van der Waals surface area contributed by atoms with Crippen LogP contribution < -0.4 is 0 Å². The second kappa shape index (κ2) is 5.66. The molecule has 2 rings (SSSR count). The third kappa shape index (κ3) is 3.09. The van der Waals surface area contributed by atoms with E-state index in [1.54, 1.807) is 6.92 Å². The van der Waals surface area contributed by atoms with Crippen LogP contribution in [-0.4, -0.2) is 26.0 Å². The lowest BCUT2D eigenvalue weighted by Gasteiger charge is -2.02. The summed E-state index contributed by atoms with van der Waals surface area (Å²) in [5.74, 6) is -1.06. The summed E-state index contributed by atoms with van der Waals surface area (Å²) in [6, 6.07) is 4.10. The number of nitrogens with zero attached hydrogens (tertiary/aromatic N) is 3. The van der Waals surface area contributed by atoms with Gasteiger partial charge in [0.2, 0.25) is 0 Å². The molecule has 0 bridgehead atoms.